The van der Waals surface area contributed by atoms with Crippen LogP contribution in [0.2, 0.25) is 0 Å². The van der Waals surface area contributed by atoms with Gasteiger partial charge in [0, 0.05) is 16.8 Å². The van der Waals surface area contributed by atoms with Crippen LogP contribution in [0.15, 0.2) is 72.8 Å². The first-order valence-corrected chi connectivity index (χ1v) is 11.5. The standard InChI is InChI=1S/C23H23FN2O4S/c1-3-30-21-14-10-19(11-15-21)25-23(27)17-8-12-20(13-9-17)26(31(2,28)29)16-18-6-4-5-7-22(18)24/h4-15H,3,16H2,1-2H3,(H,25,27). The Morgan fingerprint density at radius 2 is 1.65 bits per heavy atom. The first kappa shape index (κ1) is 22.3. The van der Waals surface area contributed by atoms with E-state index in [1.165, 1.54) is 36.4 Å². The predicted octanol–water partition coefficient (Wildman–Crippen LogP) is 4.44. The maximum Gasteiger partial charge on any atom is 0.255 e. The van der Waals surface area contributed by atoms with Crippen LogP contribution in [-0.2, 0) is 16.6 Å². The van der Waals surface area contributed by atoms with Gasteiger partial charge >= 0.3 is 0 Å². The van der Waals surface area contributed by atoms with Crippen LogP contribution in [0.5, 0.6) is 5.75 Å². The van der Waals surface area contributed by atoms with Crippen LogP contribution in [0.1, 0.15) is 22.8 Å². The molecule has 0 unspecified atom stereocenters. The molecule has 0 heterocycles. The van der Waals surface area contributed by atoms with Crippen molar-refractivity contribution in [1.29, 1.82) is 0 Å². The number of anilines is 2. The van der Waals surface area contributed by atoms with E-state index in [0.717, 1.165) is 10.6 Å². The number of carbonyl (C=O) groups excluding carboxylic acids is 1. The molecule has 0 fully saturated rings. The van der Waals surface area contributed by atoms with Crippen molar-refractivity contribution < 1.29 is 22.3 Å². The Hall–Kier alpha value is -3.39. The molecule has 0 spiro atoms. The van der Waals surface area contributed by atoms with Gasteiger partial charge in [-0.1, -0.05) is 18.2 Å². The molecule has 0 radical (unpaired) electrons. The van der Waals surface area contributed by atoms with Crippen LogP contribution in [0.4, 0.5) is 15.8 Å². The molecular formula is C23H23FN2O4S. The molecule has 8 heteroatoms. The number of sulfonamides is 1. The van der Waals surface area contributed by atoms with Crippen LogP contribution >= 0.6 is 0 Å². The highest BCUT2D eigenvalue weighted by Gasteiger charge is 2.20. The molecule has 0 aliphatic carbocycles. The summed E-state index contributed by atoms with van der Waals surface area (Å²) in [5.74, 6) is -0.112. The zero-order chi connectivity index (χ0) is 22.4. The van der Waals surface area contributed by atoms with E-state index in [9.17, 15) is 17.6 Å². The van der Waals surface area contributed by atoms with E-state index in [2.05, 4.69) is 5.32 Å². The van der Waals surface area contributed by atoms with E-state index in [0.29, 0.717) is 29.3 Å². The van der Waals surface area contributed by atoms with Gasteiger partial charge in [0.05, 0.1) is 25.1 Å². The Labute approximate surface area is 181 Å². The van der Waals surface area contributed by atoms with Crippen LogP contribution in [0.3, 0.4) is 0 Å². The van der Waals surface area contributed by atoms with Gasteiger partial charge in [-0.15, -0.1) is 0 Å². The summed E-state index contributed by atoms with van der Waals surface area (Å²) in [6.07, 6.45) is 1.06. The van der Waals surface area contributed by atoms with Gasteiger partial charge in [-0.25, -0.2) is 12.8 Å². The minimum Gasteiger partial charge on any atom is -0.494 e. The Morgan fingerprint density at radius 3 is 2.23 bits per heavy atom. The van der Waals surface area contributed by atoms with E-state index in [1.54, 1.807) is 36.4 Å². The molecule has 0 bridgehead atoms. The summed E-state index contributed by atoms with van der Waals surface area (Å²) in [4.78, 5) is 12.5. The Morgan fingerprint density at radius 1 is 1.00 bits per heavy atom. The largest absolute Gasteiger partial charge is 0.494 e. The molecule has 0 aliphatic heterocycles. The summed E-state index contributed by atoms with van der Waals surface area (Å²) in [6, 6.07) is 19.1. The Balaban J connectivity index is 1.76. The first-order valence-electron chi connectivity index (χ1n) is 9.63. The molecule has 1 N–H and O–H groups in total. The Bertz CT molecular complexity index is 1150. The molecule has 0 atom stereocenters. The summed E-state index contributed by atoms with van der Waals surface area (Å²) in [5.41, 5.74) is 1.56. The smallest absolute Gasteiger partial charge is 0.255 e. The molecular weight excluding hydrogens is 419 g/mol. The fourth-order valence-electron chi connectivity index (χ4n) is 2.96. The van der Waals surface area contributed by atoms with Gasteiger partial charge in [0.25, 0.3) is 5.91 Å². The number of rotatable bonds is 8. The third-order valence-electron chi connectivity index (χ3n) is 4.51. The van der Waals surface area contributed by atoms with Gasteiger partial charge in [0.2, 0.25) is 10.0 Å². The number of carbonyl (C=O) groups is 1. The summed E-state index contributed by atoms with van der Waals surface area (Å²) < 4.78 is 45.1. The SMILES string of the molecule is CCOc1ccc(NC(=O)c2ccc(N(Cc3ccccc3F)S(C)(=O)=O)cc2)cc1. The van der Waals surface area contributed by atoms with Crippen molar-refractivity contribution in [1.82, 2.24) is 0 Å². The number of halogens is 1. The van der Waals surface area contributed by atoms with E-state index < -0.39 is 15.8 Å². The van der Waals surface area contributed by atoms with Crippen LogP contribution in [-0.4, -0.2) is 27.2 Å². The van der Waals surface area contributed by atoms with E-state index >= 15 is 0 Å². The highest BCUT2D eigenvalue weighted by Crippen LogP contribution is 2.23. The molecule has 1 amide bonds. The van der Waals surface area contributed by atoms with E-state index in [1.807, 2.05) is 6.92 Å². The monoisotopic (exact) mass is 442 g/mol. The molecule has 0 saturated heterocycles. The molecule has 3 aromatic carbocycles. The van der Waals surface area contributed by atoms with Gasteiger partial charge in [0.15, 0.2) is 0 Å². The van der Waals surface area contributed by atoms with Crippen molar-refractivity contribution in [2.45, 2.75) is 13.5 Å². The van der Waals surface area contributed by atoms with Gasteiger partial charge < -0.3 is 10.1 Å². The highest BCUT2D eigenvalue weighted by molar-refractivity contribution is 7.92. The zero-order valence-corrected chi connectivity index (χ0v) is 18.0. The topological polar surface area (TPSA) is 75.7 Å². The summed E-state index contributed by atoms with van der Waals surface area (Å²) in [5, 5.41) is 2.78. The Kier molecular flexibility index (Phi) is 6.91. The highest BCUT2D eigenvalue weighted by atomic mass is 32.2. The van der Waals surface area contributed by atoms with Gasteiger partial charge in [-0.05, 0) is 61.5 Å². The van der Waals surface area contributed by atoms with Gasteiger partial charge in [0.1, 0.15) is 11.6 Å². The third-order valence-corrected chi connectivity index (χ3v) is 5.65. The first-order chi connectivity index (χ1) is 14.8. The summed E-state index contributed by atoms with van der Waals surface area (Å²) in [7, 11) is -3.67. The second kappa shape index (κ2) is 9.61. The molecule has 31 heavy (non-hydrogen) atoms. The third kappa shape index (κ3) is 5.82. The average molecular weight is 443 g/mol. The number of amides is 1. The zero-order valence-electron chi connectivity index (χ0n) is 17.2. The van der Waals surface area contributed by atoms with Crippen molar-refractivity contribution in [2.24, 2.45) is 0 Å². The fourth-order valence-corrected chi connectivity index (χ4v) is 3.84. The van der Waals surface area contributed by atoms with Crippen molar-refractivity contribution in [2.75, 3.05) is 22.5 Å². The number of benzene rings is 3. The number of hydrogen-bond acceptors (Lipinski definition) is 4. The number of ether oxygens (including phenoxy) is 1. The number of nitrogens with one attached hydrogen (secondary N) is 1. The normalized spacial score (nSPS) is 11.1. The van der Waals surface area contributed by atoms with Crippen LogP contribution in [0, 0.1) is 5.82 Å². The molecule has 0 aliphatic rings. The minimum atomic E-state index is -3.67. The number of hydrogen-bond donors (Lipinski definition) is 1. The summed E-state index contributed by atoms with van der Waals surface area (Å²) >= 11 is 0. The average Bonchev–Trinajstić information content (AvgIpc) is 2.74. The summed E-state index contributed by atoms with van der Waals surface area (Å²) in [6.45, 7) is 2.29. The van der Waals surface area contributed by atoms with E-state index in [-0.39, 0.29) is 18.0 Å². The lowest BCUT2D eigenvalue weighted by Crippen LogP contribution is -2.29. The molecule has 3 aromatic rings. The molecule has 0 aromatic heterocycles. The fraction of sp³-hybridized carbons (Fsp3) is 0.174. The van der Waals surface area contributed by atoms with Crippen molar-refractivity contribution in [3.8, 4) is 5.75 Å². The molecule has 0 saturated carbocycles. The molecule has 162 valence electrons. The van der Waals surface area contributed by atoms with Crippen LogP contribution in [0.25, 0.3) is 0 Å². The molecule has 3 rings (SSSR count). The molecule has 6 nitrogen and oxygen atoms in total. The minimum absolute atomic E-state index is 0.150. The lowest BCUT2D eigenvalue weighted by Gasteiger charge is -2.23. The van der Waals surface area contributed by atoms with Gasteiger partial charge in [-0.2, -0.15) is 0 Å². The quantitative estimate of drug-likeness (QED) is 0.560. The van der Waals surface area contributed by atoms with Gasteiger partial charge in [-0.3, -0.25) is 9.10 Å². The second-order valence-corrected chi connectivity index (χ2v) is 8.73. The second-order valence-electron chi connectivity index (χ2n) is 6.82. The lowest BCUT2D eigenvalue weighted by molar-refractivity contribution is 0.102. The van der Waals surface area contributed by atoms with Crippen molar-refractivity contribution >= 4 is 27.3 Å². The van der Waals surface area contributed by atoms with E-state index in [4.69, 9.17) is 4.74 Å². The van der Waals surface area contributed by atoms with Crippen LogP contribution < -0.4 is 14.4 Å². The van der Waals surface area contributed by atoms with Crippen molar-refractivity contribution in [3.05, 3.63) is 89.7 Å². The predicted molar refractivity (Wildman–Crippen MR) is 119 cm³/mol. The lowest BCUT2D eigenvalue weighted by atomic mass is 10.1. The number of nitrogens with zero attached hydrogens (tertiary/aromatic N) is 1. The van der Waals surface area contributed by atoms with Crippen molar-refractivity contribution in [3.63, 3.8) is 0 Å². The maximum atomic E-state index is 14.0. The maximum absolute atomic E-state index is 14.0.